The Morgan fingerprint density at radius 3 is 2.22 bits per heavy atom. The molecule has 1 aromatic heterocycles. The van der Waals surface area contributed by atoms with E-state index in [2.05, 4.69) is 51.8 Å². The van der Waals surface area contributed by atoms with Gasteiger partial charge in [0.25, 0.3) is 0 Å². The molecule has 1 aliphatic rings. The molecule has 36 heavy (non-hydrogen) atoms. The number of pyridine rings is 1. The van der Waals surface area contributed by atoms with Gasteiger partial charge in [-0.15, -0.1) is 0 Å². The molecular weight excluding hydrogens is 567 g/mol. The van der Waals surface area contributed by atoms with E-state index in [-0.39, 0.29) is 12.5 Å². The van der Waals surface area contributed by atoms with Crippen LogP contribution in [0.3, 0.4) is 0 Å². The van der Waals surface area contributed by atoms with Gasteiger partial charge in [0.1, 0.15) is 18.2 Å². The predicted molar refractivity (Wildman–Crippen MR) is 148 cm³/mol. The van der Waals surface area contributed by atoms with Gasteiger partial charge in [-0.05, 0) is 90.1 Å². The zero-order valence-corrected chi connectivity index (χ0v) is 23.2. The second-order valence-electron chi connectivity index (χ2n) is 10.0. The molecule has 4 rings (SSSR count). The van der Waals surface area contributed by atoms with E-state index in [1.807, 2.05) is 51.1 Å². The molecule has 7 heteroatoms. The van der Waals surface area contributed by atoms with E-state index in [4.69, 9.17) is 9.47 Å². The molecule has 188 valence electrons. The van der Waals surface area contributed by atoms with Crippen LogP contribution in [-0.4, -0.2) is 47.2 Å². The number of halogens is 1. The van der Waals surface area contributed by atoms with E-state index >= 15 is 0 Å². The highest BCUT2D eigenvalue weighted by atomic mass is 127. The van der Waals surface area contributed by atoms with E-state index in [0.717, 1.165) is 20.3 Å². The number of hydrogen-bond acceptors (Lipinski definition) is 5. The summed E-state index contributed by atoms with van der Waals surface area (Å²) in [5, 5.41) is 0. The lowest BCUT2D eigenvalue weighted by Gasteiger charge is -2.30. The average Bonchev–Trinajstić information content (AvgIpc) is 3.15. The first-order chi connectivity index (χ1) is 17.1. The number of fused-ring (bicyclic) bond motifs is 3. The predicted octanol–water partition coefficient (Wildman–Crippen LogP) is 6.21. The van der Waals surface area contributed by atoms with Gasteiger partial charge in [-0.1, -0.05) is 48.5 Å². The zero-order chi connectivity index (χ0) is 25.9. The number of esters is 1. The summed E-state index contributed by atoms with van der Waals surface area (Å²) in [6.07, 6.45) is 3.99. The molecule has 1 heterocycles. The van der Waals surface area contributed by atoms with Gasteiger partial charge in [0.2, 0.25) is 0 Å². The molecule has 1 unspecified atom stereocenters. The fourth-order valence-electron chi connectivity index (χ4n) is 4.56. The fraction of sp³-hybridized carbons (Fsp3) is 0.345. The van der Waals surface area contributed by atoms with Crippen LogP contribution in [0.5, 0.6) is 0 Å². The minimum Gasteiger partial charge on any atom is -0.458 e. The van der Waals surface area contributed by atoms with E-state index in [1.54, 1.807) is 19.4 Å². The minimum atomic E-state index is -0.780. The van der Waals surface area contributed by atoms with E-state index in [9.17, 15) is 9.59 Å². The first kappa shape index (κ1) is 26.1. The van der Waals surface area contributed by atoms with Crippen LogP contribution in [0, 0.1) is 3.57 Å². The second-order valence-corrected chi connectivity index (χ2v) is 11.3. The number of likely N-dealkylation sites (N-methyl/N-ethyl adjacent to an activating group) is 1. The van der Waals surface area contributed by atoms with E-state index < -0.39 is 23.7 Å². The van der Waals surface area contributed by atoms with Gasteiger partial charge < -0.3 is 9.47 Å². The molecule has 1 aliphatic carbocycles. The third-order valence-corrected chi connectivity index (χ3v) is 6.83. The molecule has 0 fully saturated rings. The third kappa shape index (κ3) is 6.06. The summed E-state index contributed by atoms with van der Waals surface area (Å²) in [5.41, 5.74) is 4.95. The number of nitrogens with zero attached hydrogens (tertiary/aromatic N) is 2. The van der Waals surface area contributed by atoms with Crippen LogP contribution in [0.1, 0.15) is 49.8 Å². The largest absolute Gasteiger partial charge is 0.458 e. The molecule has 0 N–H and O–H groups in total. The molecule has 0 spiro atoms. The van der Waals surface area contributed by atoms with Gasteiger partial charge in [-0.25, -0.2) is 9.59 Å². The smallest absolute Gasteiger partial charge is 0.410 e. The van der Waals surface area contributed by atoms with Crippen LogP contribution in [0.15, 0.2) is 67.0 Å². The molecule has 1 atom stereocenters. The summed E-state index contributed by atoms with van der Waals surface area (Å²) < 4.78 is 12.5. The van der Waals surface area contributed by atoms with Crippen LogP contribution in [0.25, 0.3) is 11.1 Å². The number of carbonyl (C=O) groups excluding carboxylic acids is 2. The average molecular weight is 598 g/mol. The van der Waals surface area contributed by atoms with Gasteiger partial charge in [-0.2, -0.15) is 0 Å². The molecule has 6 nitrogen and oxygen atoms in total. The summed E-state index contributed by atoms with van der Waals surface area (Å²) in [6.45, 7) is 5.65. The Kier molecular flexibility index (Phi) is 7.97. The maximum atomic E-state index is 13.2. The maximum absolute atomic E-state index is 13.2. The lowest BCUT2D eigenvalue weighted by atomic mass is 9.98. The molecule has 2 aromatic carbocycles. The number of carbonyl (C=O) groups is 2. The standard InChI is InChI=1S/C29H31IN2O4/c1-29(2,3)36-27(33)26(14-13-19-15-20(30)17-31-16-19)32(4)28(34)35-18-25-23-11-7-5-9-21(23)22-10-6-8-12-24(22)25/h5-12,15-17,25-26H,13-14,18H2,1-4H3. The van der Waals surface area contributed by atoms with Crippen molar-refractivity contribution >= 4 is 34.7 Å². The van der Waals surface area contributed by atoms with Crippen molar-refractivity contribution in [2.24, 2.45) is 0 Å². The fourth-order valence-corrected chi connectivity index (χ4v) is 5.12. The summed E-state index contributed by atoms with van der Waals surface area (Å²) >= 11 is 2.21. The number of aryl methyl sites for hydroxylation is 1. The summed E-state index contributed by atoms with van der Waals surface area (Å²) in [4.78, 5) is 31.9. The zero-order valence-electron chi connectivity index (χ0n) is 21.0. The second kappa shape index (κ2) is 11.0. The number of amides is 1. The van der Waals surface area contributed by atoms with Crippen LogP contribution in [0.4, 0.5) is 4.79 Å². The van der Waals surface area contributed by atoms with Crippen LogP contribution in [-0.2, 0) is 20.7 Å². The molecular formula is C29H31IN2O4. The van der Waals surface area contributed by atoms with Crippen molar-refractivity contribution < 1.29 is 19.1 Å². The molecule has 0 radical (unpaired) electrons. The van der Waals surface area contributed by atoms with Crippen molar-refractivity contribution in [2.75, 3.05) is 13.7 Å². The van der Waals surface area contributed by atoms with Crippen molar-refractivity contribution in [3.63, 3.8) is 0 Å². The number of hydrogen-bond donors (Lipinski definition) is 0. The number of benzene rings is 2. The Morgan fingerprint density at radius 1 is 1.03 bits per heavy atom. The highest BCUT2D eigenvalue weighted by molar-refractivity contribution is 14.1. The number of rotatable bonds is 7. The van der Waals surface area contributed by atoms with E-state index in [1.165, 1.54) is 16.0 Å². The minimum absolute atomic E-state index is 0.0489. The Morgan fingerprint density at radius 2 is 1.64 bits per heavy atom. The first-order valence-corrected chi connectivity index (χ1v) is 13.1. The Bertz CT molecular complexity index is 1210. The monoisotopic (exact) mass is 598 g/mol. The maximum Gasteiger partial charge on any atom is 0.410 e. The van der Waals surface area contributed by atoms with Gasteiger partial charge in [0, 0.05) is 28.9 Å². The summed E-state index contributed by atoms with van der Waals surface area (Å²) in [5.74, 6) is -0.496. The highest BCUT2D eigenvalue weighted by Gasteiger charge is 2.34. The molecule has 0 saturated carbocycles. The molecule has 3 aromatic rings. The lowest BCUT2D eigenvalue weighted by molar-refractivity contribution is -0.160. The van der Waals surface area contributed by atoms with Gasteiger partial charge in [0.05, 0.1) is 0 Å². The highest BCUT2D eigenvalue weighted by Crippen LogP contribution is 2.44. The molecule has 0 saturated heterocycles. The first-order valence-electron chi connectivity index (χ1n) is 12.0. The SMILES string of the molecule is CN(C(=O)OCC1c2ccccc2-c2ccccc21)C(CCc1cncc(I)c1)C(=O)OC(C)(C)C. The molecule has 0 aliphatic heterocycles. The van der Waals surface area contributed by atoms with Crippen LogP contribution in [0.2, 0.25) is 0 Å². The van der Waals surface area contributed by atoms with Crippen molar-refractivity contribution in [1.29, 1.82) is 0 Å². The topological polar surface area (TPSA) is 68.7 Å². The Labute approximate surface area is 226 Å². The Balaban J connectivity index is 1.48. The number of ether oxygens (including phenoxy) is 2. The van der Waals surface area contributed by atoms with Gasteiger partial charge in [-0.3, -0.25) is 9.88 Å². The van der Waals surface area contributed by atoms with E-state index in [0.29, 0.717) is 12.8 Å². The van der Waals surface area contributed by atoms with Crippen molar-refractivity contribution in [3.05, 3.63) is 87.3 Å². The van der Waals surface area contributed by atoms with Crippen molar-refractivity contribution in [2.45, 2.75) is 51.2 Å². The van der Waals surface area contributed by atoms with Gasteiger partial charge >= 0.3 is 12.1 Å². The normalized spacial score (nSPS) is 13.5. The quantitative estimate of drug-likeness (QED) is 0.239. The molecule has 0 bridgehead atoms. The van der Waals surface area contributed by atoms with Crippen LogP contribution < -0.4 is 0 Å². The van der Waals surface area contributed by atoms with Crippen molar-refractivity contribution in [3.8, 4) is 11.1 Å². The number of aromatic nitrogens is 1. The molecule has 1 amide bonds. The third-order valence-electron chi connectivity index (χ3n) is 6.24. The van der Waals surface area contributed by atoms with Crippen LogP contribution >= 0.6 is 22.6 Å². The summed E-state index contributed by atoms with van der Waals surface area (Å²) in [7, 11) is 1.60. The van der Waals surface area contributed by atoms with Crippen molar-refractivity contribution in [1.82, 2.24) is 9.88 Å². The Hall–Kier alpha value is -2.94. The summed E-state index contributed by atoms with van der Waals surface area (Å²) in [6, 6.07) is 17.6. The van der Waals surface area contributed by atoms with Gasteiger partial charge in [0.15, 0.2) is 0 Å². The lowest BCUT2D eigenvalue weighted by Crippen LogP contribution is -2.46.